The van der Waals surface area contributed by atoms with Crippen LogP contribution in [0.5, 0.6) is 0 Å². The smallest absolute Gasteiger partial charge is 0.369 e. The summed E-state index contributed by atoms with van der Waals surface area (Å²) in [5.41, 5.74) is -0.485. The third-order valence-electron chi connectivity index (χ3n) is 4.19. The molecule has 0 bridgehead atoms. The van der Waals surface area contributed by atoms with E-state index in [9.17, 15) is 28.1 Å². The molecule has 0 saturated carbocycles. The second-order valence-corrected chi connectivity index (χ2v) is 6.84. The summed E-state index contributed by atoms with van der Waals surface area (Å²) in [4.78, 5) is 25.4. The number of hydrogen-bond donors (Lipinski definition) is 1. The van der Waals surface area contributed by atoms with Crippen molar-refractivity contribution in [3.8, 4) is 0 Å². The Morgan fingerprint density at radius 1 is 1.29 bits per heavy atom. The van der Waals surface area contributed by atoms with E-state index in [-0.39, 0.29) is 18.1 Å². The van der Waals surface area contributed by atoms with Gasteiger partial charge in [0.15, 0.2) is 0 Å². The van der Waals surface area contributed by atoms with E-state index in [1.54, 1.807) is 4.90 Å². The molecule has 150 valence electrons. The van der Waals surface area contributed by atoms with Crippen molar-refractivity contribution in [2.45, 2.75) is 6.18 Å². The predicted octanol–water partition coefficient (Wildman–Crippen LogP) is 2.23. The lowest BCUT2D eigenvalue weighted by Crippen LogP contribution is -2.48. The summed E-state index contributed by atoms with van der Waals surface area (Å²) in [7, 11) is 0. The highest BCUT2D eigenvalue weighted by atomic mass is 32.1. The van der Waals surface area contributed by atoms with Crippen molar-refractivity contribution in [1.29, 1.82) is 0 Å². The summed E-state index contributed by atoms with van der Waals surface area (Å²) < 4.78 is 39.4. The third-order valence-corrected chi connectivity index (χ3v) is 4.80. The monoisotopic (exact) mass is 416 g/mol. The van der Waals surface area contributed by atoms with Gasteiger partial charge < -0.3 is 4.90 Å². The number of nitrogens with zero attached hydrogens (tertiary/aromatic N) is 5. The molecule has 13 heteroatoms. The maximum atomic E-state index is 13.1. The number of amides is 1. The Hall–Kier alpha value is -2.80. The molecule has 0 radical (unpaired) electrons. The van der Waals surface area contributed by atoms with E-state index in [1.165, 1.54) is 22.9 Å². The molecule has 3 rings (SSSR count). The van der Waals surface area contributed by atoms with Crippen molar-refractivity contribution in [2.24, 2.45) is 0 Å². The normalized spacial score (nSPS) is 15.5. The fourth-order valence-electron chi connectivity index (χ4n) is 2.86. The van der Waals surface area contributed by atoms with Crippen molar-refractivity contribution < 1.29 is 22.9 Å². The van der Waals surface area contributed by atoms with Crippen LogP contribution in [0.3, 0.4) is 0 Å². The Kier molecular flexibility index (Phi) is 5.74. The Morgan fingerprint density at radius 3 is 2.57 bits per heavy atom. The standard InChI is InChI=1S/C15H15F3N6O3S/c16-15(17,18)11-7-10(1-2-12(11)24(26)27)23-5-3-22(4-6-23)8-13(25)20-14-21-19-9-28-14/h1-2,7,9H,3-6,8H2,(H,20,21,25). The summed E-state index contributed by atoms with van der Waals surface area (Å²) in [5.74, 6) is -0.250. The maximum absolute atomic E-state index is 13.1. The molecule has 1 aliphatic heterocycles. The van der Waals surface area contributed by atoms with Crippen LogP contribution in [0.1, 0.15) is 5.56 Å². The van der Waals surface area contributed by atoms with Gasteiger partial charge >= 0.3 is 6.18 Å². The van der Waals surface area contributed by atoms with Gasteiger partial charge in [-0.05, 0) is 12.1 Å². The molecule has 1 aliphatic rings. The van der Waals surface area contributed by atoms with Crippen LogP contribution in [0, 0.1) is 10.1 Å². The average Bonchev–Trinajstić information content (AvgIpc) is 3.14. The van der Waals surface area contributed by atoms with E-state index in [0.717, 1.165) is 12.1 Å². The first-order valence-corrected chi connectivity index (χ1v) is 9.01. The minimum atomic E-state index is -4.82. The number of nitro benzene ring substituents is 1. The molecule has 9 nitrogen and oxygen atoms in total. The molecule has 0 atom stereocenters. The fraction of sp³-hybridized carbons (Fsp3) is 0.400. The zero-order chi connectivity index (χ0) is 20.3. The van der Waals surface area contributed by atoms with Gasteiger partial charge in [0.1, 0.15) is 11.1 Å². The van der Waals surface area contributed by atoms with Gasteiger partial charge in [-0.3, -0.25) is 25.1 Å². The molecule has 1 aromatic heterocycles. The summed E-state index contributed by atoms with van der Waals surface area (Å²) in [6.45, 7) is 1.83. The van der Waals surface area contributed by atoms with Crippen LogP contribution in [0.15, 0.2) is 23.7 Å². The molecule has 2 heterocycles. The Balaban J connectivity index is 1.61. The molecule has 1 fully saturated rings. The molecule has 2 aromatic rings. The third kappa shape index (κ3) is 4.72. The Morgan fingerprint density at radius 2 is 2.00 bits per heavy atom. The lowest BCUT2D eigenvalue weighted by atomic mass is 10.1. The van der Waals surface area contributed by atoms with Crippen molar-refractivity contribution in [2.75, 3.05) is 42.9 Å². The van der Waals surface area contributed by atoms with Crippen LogP contribution >= 0.6 is 11.3 Å². The van der Waals surface area contributed by atoms with Gasteiger partial charge in [0, 0.05) is 37.9 Å². The number of nitrogens with one attached hydrogen (secondary N) is 1. The van der Waals surface area contributed by atoms with Crippen LogP contribution in [0.4, 0.5) is 29.7 Å². The molecule has 0 spiro atoms. The highest BCUT2D eigenvalue weighted by Crippen LogP contribution is 2.38. The van der Waals surface area contributed by atoms with Crippen LogP contribution < -0.4 is 10.2 Å². The topological polar surface area (TPSA) is 104 Å². The lowest BCUT2D eigenvalue weighted by molar-refractivity contribution is -0.388. The van der Waals surface area contributed by atoms with Crippen LogP contribution in [0.2, 0.25) is 0 Å². The number of benzene rings is 1. The number of aromatic nitrogens is 2. The largest absolute Gasteiger partial charge is 0.423 e. The average molecular weight is 416 g/mol. The van der Waals surface area contributed by atoms with Crippen LogP contribution in [0.25, 0.3) is 0 Å². The number of halogens is 3. The molecule has 28 heavy (non-hydrogen) atoms. The lowest BCUT2D eigenvalue weighted by Gasteiger charge is -2.35. The van der Waals surface area contributed by atoms with E-state index < -0.39 is 22.4 Å². The molecule has 0 unspecified atom stereocenters. The summed E-state index contributed by atoms with van der Waals surface area (Å²) in [6.07, 6.45) is -4.82. The number of carbonyl (C=O) groups is 1. The zero-order valence-corrected chi connectivity index (χ0v) is 15.2. The van der Waals surface area contributed by atoms with Crippen molar-refractivity contribution in [3.63, 3.8) is 0 Å². The van der Waals surface area contributed by atoms with E-state index in [2.05, 4.69) is 15.5 Å². The van der Waals surface area contributed by atoms with E-state index in [0.29, 0.717) is 31.3 Å². The van der Waals surface area contributed by atoms with Crippen LogP contribution in [-0.4, -0.2) is 58.7 Å². The first-order chi connectivity index (χ1) is 13.2. The second kappa shape index (κ2) is 8.06. The second-order valence-electron chi connectivity index (χ2n) is 6.01. The van der Waals surface area contributed by atoms with Crippen molar-refractivity contribution >= 4 is 33.8 Å². The Labute approximate surface area is 160 Å². The minimum Gasteiger partial charge on any atom is -0.369 e. The van der Waals surface area contributed by atoms with E-state index in [4.69, 9.17) is 0 Å². The number of piperazine rings is 1. The van der Waals surface area contributed by atoms with Gasteiger partial charge in [-0.1, -0.05) is 11.3 Å². The van der Waals surface area contributed by atoms with E-state index >= 15 is 0 Å². The number of hydrogen-bond acceptors (Lipinski definition) is 8. The molecule has 1 saturated heterocycles. The molecule has 1 aromatic carbocycles. The zero-order valence-electron chi connectivity index (χ0n) is 14.3. The Bertz CT molecular complexity index is 853. The number of alkyl halides is 3. The van der Waals surface area contributed by atoms with Gasteiger partial charge in [0.25, 0.3) is 5.69 Å². The molecular weight excluding hydrogens is 401 g/mol. The fourth-order valence-corrected chi connectivity index (χ4v) is 3.32. The van der Waals surface area contributed by atoms with Gasteiger partial charge in [-0.25, -0.2) is 0 Å². The summed E-state index contributed by atoms with van der Waals surface area (Å²) in [5, 5.41) is 21.2. The minimum absolute atomic E-state index is 0.126. The molecule has 1 amide bonds. The van der Waals surface area contributed by atoms with Gasteiger partial charge in [-0.15, -0.1) is 10.2 Å². The highest BCUT2D eigenvalue weighted by molar-refractivity contribution is 7.13. The summed E-state index contributed by atoms with van der Waals surface area (Å²) >= 11 is 1.20. The van der Waals surface area contributed by atoms with Crippen LogP contribution in [-0.2, 0) is 11.0 Å². The van der Waals surface area contributed by atoms with E-state index in [1.807, 2.05) is 4.90 Å². The molecular formula is C15H15F3N6O3S. The van der Waals surface area contributed by atoms with Crippen molar-refractivity contribution in [3.05, 3.63) is 39.4 Å². The quantitative estimate of drug-likeness (QED) is 0.589. The highest BCUT2D eigenvalue weighted by Gasteiger charge is 2.39. The molecule has 0 aliphatic carbocycles. The maximum Gasteiger partial charge on any atom is 0.423 e. The first kappa shape index (κ1) is 19.9. The number of anilines is 2. The SMILES string of the molecule is O=C(CN1CCN(c2ccc([N+](=O)[O-])c(C(F)(F)F)c2)CC1)Nc1nncs1. The predicted molar refractivity (Wildman–Crippen MR) is 95.3 cm³/mol. The van der Waals surface area contributed by atoms with Gasteiger partial charge in [0.05, 0.1) is 11.5 Å². The number of rotatable bonds is 5. The summed E-state index contributed by atoms with van der Waals surface area (Å²) in [6, 6.07) is 2.99. The van der Waals surface area contributed by atoms with Gasteiger partial charge in [0.2, 0.25) is 11.0 Å². The van der Waals surface area contributed by atoms with Crippen molar-refractivity contribution in [1.82, 2.24) is 15.1 Å². The van der Waals surface area contributed by atoms with Gasteiger partial charge in [-0.2, -0.15) is 13.2 Å². The number of nitro groups is 1. The first-order valence-electron chi connectivity index (χ1n) is 8.13. The number of carbonyl (C=O) groups excluding carboxylic acids is 1. The molecule has 1 N–H and O–H groups in total.